The fourth-order valence-corrected chi connectivity index (χ4v) is 2.57. The molecule has 1 fully saturated rings. The predicted molar refractivity (Wildman–Crippen MR) is 54.4 cm³/mol. The number of carbonyl (C=O) groups excluding carboxylic acids is 1. The SMILES string of the molecule is CCC(CC)C1CC(=O)NC1(C)C. The molecule has 1 aliphatic heterocycles. The third-order valence-corrected chi connectivity index (χ3v) is 3.41. The molecule has 13 heavy (non-hydrogen) atoms. The van der Waals surface area contributed by atoms with E-state index in [1.165, 1.54) is 12.8 Å². The van der Waals surface area contributed by atoms with E-state index in [0.29, 0.717) is 11.8 Å². The summed E-state index contributed by atoms with van der Waals surface area (Å²) in [5.41, 5.74) is 0.00771. The maximum absolute atomic E-state index is 11.3. The van der Waals surface area contributed by atoms with Gasteiger partial charge in [-0.2, -0.15) is 0 Å². The molecule has 0 spiro atoms. The first-order chi connectivity index (χ1) is 6.01. The number of hydrogen-bond donors (Lipinski definition) is 1. The van der Waals surface area contributed by atoms with E-state index < -0.39 is 0 Å². The molecule has 0 saturated carbocycles. The van der Waals surface area contributed by atoms with E-state index in [1.807, 2.05) is 0 Å². The van der Waals surface area contributed by atoms with Crippen molar-refractivity contribution in [3.63, 3.8) is 0 Å². The van der Waals surface area contributed by atoms with Gasteiger partial charge in [0.1, 0.15) is 0 Å². The zero-order chi connectivity index (χ0) is 10.1. The summed E-state index contributed by atoms with van der Waals surface area (Å²) < 4.78 is 0. The van der Waals surface area contributed by atoms with Crippen molar-refractivity contribution >= 4 is 5.91 Å². The van der Waals surface area contributed by atoms with Crippen LogP contribution >= 0.6 is 0 Å². The Morgan fingerprint density at radius 1 is 1.46 bits per heavy atom. The highest BCUT2D eigenvalue weighted by Crippen LogP contribution is 2.36. The molecule has 1 heterocycles. The molecule has 1 saturated heterocycles. The second kappa shape index (κ2) is 3.69. The number of nitrogens with one attached hydrogen (secondary N) is 1. The average molecular weight is 183 g/mol. The first-order valence-corrected chi connectivity index (χ1v) is 5.32. The fourth-order valence-electron chi connectivity index (χ4n) is 2.57. The summed E-state index contributed by atoms with van der Waals surface area (Å²) in [6, 6.07) is 0. The lowest BCUT2D eigenvalue weighted by Crippen LogP contribution is -2.42. The van der Waals surface area contributed by atoms with Gasteiger partial charge >= 0.3 is 0 Å². The van der Waals surface area contributed by atoms with Gasteiger partial charge in [-0.1, -0.05) is 26.7 Å². The van der Waals surface area contributed by atoms with Crippen molar-refractivity contribution in [1.82, 2.24) is 5.32 Å². The predicted octanol–water partition coefficient (Wildman–Crippen LogP) is 2.34. The minimum absolute atomic E-state index is 0.00771. The van der Waals surface area contributed by atoms with E-state index in [0.717, 1.165) is 6.42 Å². The summed E-state index contributed by atoms with van der Waals surface area (Å²) in [6.45, 7) is 8.71. The van der Waals surface area contributed by atoms with E-state index in [-0.39, 0.29) is 11.4 Å². The van der Waals surface area contributed by atoms with Crippen molar-refractivity contribution in [2.45, 2.75) is 52.5 Å². The molecule has 0 radical (unpaired) electrons. The van der Waals surface area contributed by atoms with Crippen LogP contribution in [-0.2, 0) is 4.79 Å². The lowest BCUT2D eigenvalue weighted by Gasteiger charge is -2.32. The first-order valence-electron chi connectivity index (χ1n) is 5.32. The molecule has 1 rings (SSSR count). The molecule has 1 unspecified atom stereocenters. The number of amides is 1. The van der Waals surface area contributed by atoms with Crippen molar-refractivity contribution in [1.29, 1.82) is 0 Å². The Kier molecular flexibility index (Phi) is 2.99. The topological polar surface area (TPSA) is 29.1 Å². The summed E-state index contributed by atoms with van der Waals surface area (Å²) >= 11 is 0. The van der Waals surface area contributed by atoms with Crippen LogP contribution in [0.3, 0.4) is 0 Å². The van der Waals surface area contributed by atoms with Crippen molar-refractivity contribution in [2.24, 2.45) is 11.8 Å². The van der Waals surface area contributed by atoms with E-state index in [2.05, 4.69) is 33.0 Å². The second-order valence-corrected chi connectivity index (χ2v) is 4.66. The van der Waals surface area contributed by atoms with E-state index in [9.17, 15) is 4.79 Å². The van der Waals surface area contributed by atoms with Gasteiger partial charge in [0.2, 0.25) is 5.91 Å². The number of carbonyl (C=O) groups is 1. The van der Waals surface area contributed by atoms with Gasteiger partial charge in [0, 0.05) is 12.0 Å². The normalized spacial score (nSPS) is 26.5. The third kappa shape index (κ3) is 2.04. The van der Waals surface area contributed by atoms with Gasteiger partial charge in [0.05, 0.1) is 0 Å². The monoisotopic (exact) mass is 183 g/mol. The van der Waals surface area contributed by atoms with Crippen molar-refractivity contribution in [3.8, 4) is 0 Å². The lowest BCUT2D eigenvalue weighted by molar-refractivity contribution is -0.119. The van der Waals surface area contributed by atoms with Crippen molar-refractivity contribution in [2.75, 3.05) is 0 Å². The van der Waals surface area contributed by atoms with E-state index >= 15 is 0 Å². The second-order valence-electron chi connectivity index (χ2n) is 4.66. The Balaban J connectivity index is 2.73. The van der Waals surface area contributed by atoms with Crippen LogP contribution in [0.4, 0.5) is 0 Å². The summed E-state index contributed by atoms with van der Waals surface area (Å²) in [7, 11) is 0. The maximum atomic E-state index is 11.3. The van der Waals surface area contributed by atoms with Crippen LogP contribution in [0.5, 0.6) is 0 Å². The quantitative estimate of drug-likeness (QED) is 0.715. The fraction of sp³-hybridized carbons (Fsp3) is 0.909. The molecule has 2 nitrogen and oxygen atoms in total. The molecule has 76 valence electrons. The van der Waals surface area contributed by atoms with Gasteiger partial charge in [0.15, 0.2) is 0 Å². The van der Waals surface area contributed by atoms with Crippen LogP contribution in [0.25, 0.3) is 0 Å². The summed E-state index contributed by atoms with van der Waals surface area (Å²) in [5, 5.41) is 3.05. The zero-order valence-electron chi connectivity index (χ0n) is 9.18. The van der Waals surface area contributed by atoms with Crippen LogP contribution in [0.1, 0.15) is 47.0 Å². The van der Waals surface area contributed by atoms with Gasteiger partial charge in [-0.15, -0.1) is 0 Å². The highest BCUT2D eigenvalue weighted by molar-refractivity contribution is 5.79. The van der Waals surface area contributed by atoms with E-state index in [4.69, 9.17) is 0 Å². The molecule has 0 aliphatic carbocycles. The van der Waals surface area contributed by atoms with Crippen LogP contribution in [0.15, 0.2) is 0 Å². The summed E-state index contributed by atoms with van der Waals surface area (Å²) in [4.78, 5) is 11.3. The van der Waals surface area contributed by atoms with E-state index in [1.54, 1.807) is 0 Å². The Morgan fingerprint density at radius 3 is 2.31 bits per heavy atom. The molecule has 1 N–H and O–H groups in total. The molecular formula is C11H21NO. The highest BCUT2D eigenvalue weighted by Gasteiger charge is 2.41. The van der Waals surface area contributed by atoms with Gasteiger partial charge < -0.3 is 5.32 Å². The van der Waals surface area contributed by atoms with Gasteiger partial charge in [-0.05, 0) is 25.7 Å². The number of hydrogen-bond acceptors (Lipinski definition) is 1. The van der Waals surface area contributed by atoms with Gasteiger partial charge in [-0.25, -0.2) is 0 Å². The van der Waals surface area contributed by atoms with Gasteiger partial charge in [0.25, 0.3) is 0 Å². The van der Waals surface area contributed by atoms with Crippen LogP contribution in [0.2, 0.25) is 0 Å². The van der Waals surface area contributed by atoms with Crippen LogP contribution < -0.4 is 5.32 Å². The average Bonchev–Trinajstić information content (AvgIpc) is 2.28. The molecular weight excluding hydrogens is 162 g/mol. The van der Waals surface area contributed by atoms with Crippen molar-refractivity contribution < 1.29 is 4.79 Å². The minimum atomic E-state index is 0.00771. The smallest absolute Gasteiger partial charge is 0.220 e. The maximum Gasteiger partial charge on any atom is 0.220 e. The molecule has 0 bridgehead atoms. The van der Waals surface area contributed by atoms with Crippen LogP contribution in [0, 0.1) is 11.8 Å². The van der Waals surface area contributed by atoms with Crippen molar-refractivity contribution in [3.05, 3.63) is 0 Å². The highest BCUT2D eigenvalue weighted by atomic mass is 16.2. The standard InChI is InChI=1S/C11H21NO/c1-5-8(6-2)9-7-10(13)12-11(9,3)4/h8-9H,5-7H2,1-4H3,(H,12,13). The Labute approximate surface area is 81.1 Å². The molecule has 1 amide bonds. The Hall–Kier alpha value is -0.530. The first kappa shape index (κ1) is 10.6. The lowest BCUT2D eigenvalue weighted by atomic mass is 9.76. The molecule has 1 atom stereocenters. The van der Waals surface area contributed by atoms with Gasteiger partial charge in [-0.3, -0.25) is 4.79 Å². The third-order valence-electron chi connectivity index (χ3n) is 3.41. The molecule has 0 aromatic carbocycles. The van der Waals surface area contributed by atoms with Crippen LogP contribution in [-0.4, -0.2) is 11.4 Å². The molecule has 2 heteroatoms. The Bertz CT molecular complexity index is 194. The Morgan fingerprint density at radius 2 is 2.00 bits per heavy atom. The minimum Gasteiger partial charge on any atom is -0.351 e. The largest absolute Gasteiger partial charge is 0.351 e. The zero-order valence-corrected chi connectivity index (χ0v) is 9.18. The molecule has 0 aromatic heterocycles. The summed E-state index contributed by atoms with van der Waals surface area (Å²) in [6.07, 6.45) is 3.08. The molecule has 1 aliphatic rings. The summed E-state index contributed by atoms with van der Waals surface area (Å²) in [5.74, 6) is 1.44. The molecule has 0 aromatic rings. The number of rotatable bonds is 3.